The minimum absolute atomic E-state index is 0.371. The molecule has 2 nitrogen and oxygen atoms in total. The summed E-state index contributed by atoms with van der Waals surface area (Å²) in [4.78, 5) is 1.87. The van der Waals surface area contributed by atoms with E-state index in [4.69, 9.17) is 5.73 Å². The molecule has 2 aromatic carbocycles. The molecule has 0 aliphatic rings. The molecule has 0 heterocycles. The van der Waals surface area contributed by atoms with Gasteiger partial charge in [0.2, 0.25) is 0 Å². The van der Waals surface area contributed by atoms with Crippen molar-refractivity contribution >= 4 is 11.4 Å². The molecule has 4 heteroatoms. The van der Waals surface area contributed by atoms with Gasteiger partial charge in [-0.3, -0.25) is 0 Å². The molecule has 2 aromatic rings. The lowest BCUT2D eigenvalue weighted by molar-refractivity contribution is 0.571. The number of rotatable bonds is 3. The highest BCUT2D eigenvalue weighted by Crippen LogP contribution is 2.18. The summed E-state index contributed by atoms with van der Waals surface area (Å²) in [5.74, 6) is -1.09. The number of hydrogen-bond acceptors (Lipinski definition) is 2. The van der Waals surface area contributed by atoms with Gasteiger partial charge in [-0.2, -0.15) is 0 Å². The normalized spacial score (nSPS) is 10.4. The van der Waals surface area contributed by atoms with Gasteiger partial charge in [-0.25, -0.2) is 8.78 Å². The van der Waals surface area contributed by atoms with Crippen molar-refractivity contribution in [3.05, 3.63) is 59.7 Å². The van der Waals surface area contributed by atoms with Crippen LogP contribution in [0.3, 0.4) is 0 Å². The van der Waals surface area contributed by atoms with Crippen molar-refractivity contribution in [3.63, 3.8) is 0 Å². The molecule has 0 unspecified atom stereocenters. The lowest BCUT2D eigenvalue weighted by Gasteiger charge is -2.19. The zero-order valence-electron chi connectivity index (χ0n) is 10.0. The third-order valence-electron chi connectivity index (χ3n) is 2.76. The zero-order valence-corrected chi connectivity index (χ0v) is 10.0. The number of anilines is 2. The summed E-state index contributed by atoms with van der Waals surface area (Å²) in [6.45, 7) is 0.371. The summed E-state index contributed by atoms with van der Waals surface area (Å²) >= 11 is 0. The molecule has 0 radical (unpaired) electrons. The van der Waals surface area contributed by atoms with E-state index in [1.165, 1.54) is 12.1 Å². The van der Waals surface area contributed by atoms with Crippen LogP contribution < -0.4 is 10.6 Å². The molecule has 0 bridgehead atoms. The van der Waals surface area contributed by atoms with Crippen molar-refractivity contribution in [1.82, 2.24) is 0 Å². The van der Waals surface area contributed by atoms with Gasteiger partial charge in [0.25, 0.3) is 0 Å². The molecule has 0 aliphatic carbocycles. The Labute approximate surface area is 105 Å². The first kappa shape index (κ1) is 12.4. The van der Waals surface area contributed by atoms with E-state index in [1.807, 2.05) is 24.1 Å². The largest absolute Gasteiger partial charge is 0.399 e. The van der Waals surface area contributed by atoms with Crippen molar-refractivity contribution in [1.29, 1.82) is 0 Å². The standard InChI is InChI=1S/C14H14F2N2/c1-18(13-6-4-12(17)5-7-13)9-10-2-3-11(15)8-14(10)16/h2-8H,9,17H2,1H3. The van der Waals surface area contributed by atoms with E-state index < -0.39 is 11.6 Å². The van der Waals surface area contributed by atoms with Crippen molar-refractivity contribution in [2.45, 2.75) is 6.54 Å². The molecular formula is C14H14F2N2. The molecule has 0 saturated carbocycles. The van der Waals surface area contributed by atoms with Crippen LogP contribution in [0.2, 0.25) is 0 Å². The molecule has 0 fully saturated rings. The number of nitrogen functional groups attached to an aromatic ring is 1. The van der Waals surface area contributed by atoms with Crippen LogP contribution in [0.1, 0.15) is 5.56 Å². The predicted molar refractivity (Wildman–Crippen MR) is 69.3 cm³/mol. The maximum atomic E-state index is 13.5. The molecule has 0 spiro atoms. The van der Waals surface area contributed by atoms with E-state index in [-0.39, 0.29) is 0 Å². The van der Waals surface area contributed by atoms with Crippen LogP contribution in [0.5, 0.6) is 0 Å². The zero-order chi connectivity index (χ0) is 13.1. The second kappa shape index (κ2) is 5.04. The van der Waals surface area contributed by atoms with Crippen LogP contribution in [0.25, 0.3) is 0 Å². The quantitative estimate of drug-likeness (QED) is 0.845. The summed E-state index contributed by atoms with van der Waals surface area (Å²) in [7, 11) is 1.84. The Balaban J connectivity index is 2.15. The van der Waals surface area contributed by atoms with Crippen LogP contribution in [0.15, 0.2) is 42.5 Å². The molecule has 0 saturated heterocycles. The summed E-state index contributed by atoms with van der Waals surface area (Å²) in [5.41, 5.74) is 7.66. The van der Waals surface area contributed by atoms with Crippen LogP contribution in [-0.2, 0) is 6.54 Å². The van der Waals surface area contributed by atoms with Gasteiger partial charge in [-0.15, -0.1) is 0 Å². The highest BCUT2D eigenvalue weighted by atomic mass is 19.1. The second-order valence-electron chi connectivity index (χ2n) is 4.18. The number of halogens is 2. The van der Waals surface area contributed by atoms with Crippen LogP contribution in [0, 0.1) is 11.6 Å². The first-order chi connectivity index (χ1) is 8.56. The van der Waals surface area contributed by atoms with Crippen LogP contribution in [0.4, 0.5) is 20.2 Å². The van der Waals surface area contributed by atoms with Crippen LogP contribution in [-0.4, -0.2) is 7.05 Å². The van der Waals surface area contributed by atoms with Gasteiger partial charge < -0.3 is 10.6 Å². The predicted octanol–water partition coefficient (Wildman–Crippen LogP) is 3.18. The molecule has 0 aromatic heterocycles. The van der Waals surface area contributed by atoms with Gasteiger partial charge in [0, 0.05) is 36.6 Å². The maximum Gasteiger partial charge on any atom is 0.131 e. The van der Waals surface area contributed by atoms with Gasteiger partial charge in [0.05, 0.1) is 0 Å². The molecule has 2 rings (SSSR count). The van der Waals surface area contributed by atoms with E-state index in [1.54, 1.807) is 12.1 Å². The van der Waals surface area contributed by atoms with Crippen LogP contribution >= 0.6 is 0 Å². The topological polar surface area (TPSA) is 29.3 Å². The van der Waals surface area contributed by atoms with Gasteiger partial charge in [0.15, 0.2) is 0 Å². The van der Waals surface area contributed by atoms with Crippen molar-refractivity contribution < 1.29 is 8.78 Å². The monoisotopic (exact) mass is 248 g/mol. The first-order valence-corrected chi connectivity index (χ1v) is 5.57. The average Bonchev–Trinajstić information content (AvgIpc) is 2.33. The van der Waals surface area contributed by atoms with Gasteiger partial charge in [-0.05, 0) is 30.3 Å². The minimum atomic E-state index is -0.564. The highest BCUT2D eigenvalue weighted by Gasteiger charge is 2.07. The summed E-state index contributed by atoms with van der Waals surface area (Å²) in [6.07, 6.45) is 0. The molecule has 0 amide bonds. The molecule has 18 heavy (non-hydrogen) atoms. The Kier molecular flexibility index (Phi) is 3.46. The summed E-state index contributed by atoms with van der Waals surface area (Å²) in [6, 6.07) is 10.9. The van der Waals surface area contributed by atoms with E-state index in [9.17, 15) is 8.78 Å². The highest BCUT2D eigenvalue weighted by molar-refractivity contribution is 5.52. The Morgan fingerprint density at radius 1 is 1.06 bits per heavy atom. The lowest BCUT2D eigenvalue weighted by atomic mass is 10.2. The van der Waals surface area contributed by atoms with Gasteiger partial charge in [0.1, 0.15) is 11.6 Å². The number of nitrogens with zero attached hydrogens (tertiary/aromatic N) is 1. The fraction of sp³-hybridized carbons (Fsp3) is 0.143. The van der Waals surface area contributed by atoms with Crippen molar-refractivity contribution in [2.75, 3.05) is 17.7 Å². The Hall–Kier alpha value is -2.10. The third-order valence-corrected chi connectivity index (χ3v) is 2.76. The minimum Gasteiger partial charge on any atom is -0.399 e. The SMILES string of the molecule is CN(Cc1ccc(F)cc1F)c1ccc(N)cc1. The van der Waals surface area contributed by atoms with E-state index in [0.717, 1.165) is 11.8 Å². The van der Waals surface area contributed by atoms with E-state index in [2.05, 4.69) is 0 Å². The Bertz CT molecular complexity index is 538. The number of nitrogens with two attached hydrogens (primary N) is 1. The number of hydrogen-bond donors (Lipinski definition) is 1. The first-order valence-electron chi connectivity index (χ1n) is 5.57. The summed E-state index contributed by atoms with van der Waals surface area (Å²) < 4.78 is 26.3. The summed E-state index contributed by atoms with van der Waals surface area (Å²) in [5, 5.41) is 0. The molecule has 0 aliphatic heterocycles. The van der Waals surface area contributed by atoms with Gasteiger partial charge in [-0.1, -0.05) is 6.07 Å². The molecule has 0 atom stereocenters. The lowest BCUT2D eigenvalue weighted by Crippen LogP contribution is -2.17. The second-order valence-corrected chi connectivity index (χ2v) is 4.18. The fourth-order valence-electron chi connectivity index (χ4n) is 1.73. The van der Waals surface area contributed by atoms with Crippen molar-refractivity contribution in [3.8, 4) is 0 Å². The number of benzene rings is 2. The molecule has 2 N–H and O–H groups in total. The van der Waals surface area contributed by atoms with E-state index in [0.29, 0.717) is 17.8 Å². The molecular weight excluding hydrogens is 234 g/mol. The van der Waals surface area contributed by atoms with Gasteiger partial charge >= 0.3 is 0 Å². The Morgan fingerprint density at radius 2 is 1.72 bits per heavy atom. The third kappa shape index (κ3) is 2.77. The Morgan fingerprint density at radius 3 is 2.33 bits per heavy atom. The maximum absolute atomic E-state index is 13.5. The average molecular weight is 248 g/mol. The molecule has 94 valence electrons. The smallest absolute Gasteiger partial charge is 0.131 e. The van der Waals surface area contributed by atoms with E-state index >= 15 is 0 Å². The fourth-order valence-corrected chi connectivity index (χ4v) is 1.73. The van der Waals surface area contributed by atoms with Crippen molar-refractivity contribution in [2.24, 2.45) is 0 Å².